The molecule has 0 saturated carbocycles. The zero-order valence-electron chi connectivity index (χ0n) is 16.4. The highest BCUT2D eigenvalue weighted by Gasteiger charge is 2.31. The lowest BCUT2D eigenvalue weighted by molar-refractivity contribution is 0.0277. The van der Waals surface area contributed by atoms with Crippen LogP contribution in [0.25, 0.3) is 0 Å². The zero-order valence-corrected chi connectivity index (χ0v) is 16.4. The maximum absolute atomic E-state index is 4.46. The molecule has 1 aromatic heterocycles. The van der Waals surface area contributed by atoms with Crippen molar-refractivity contribution >= 4 is 0 Å². The molecule has 3 rings (SSSR count). The van der Waals surface area contributed by atoms with Gasteiger partial charge in [0.1, 0.15) is 0 Å². The van der Waals surface area contributed by atoms with Crippen molar-refractivity contribution in [3.63, 3.8) is 0 Å². The molecule has 25 heavy (non-hydrogen) atoms. The number of hydrogen-bond donors (Lipinski definition) is 1. The minimum Gasteiger partial charge on any atom is -0.316 e. The van der Waals surface area contributed by atoms with E-state index in [4.69, 9.17) is 0 Å². The number of nitrogens with one attached hydrogen (secondary N) is 1. The van der Waals surface area contributed by atoms with Crippen molar-refractivity contribution in [1.82, 2.24) is 20.1 Å². The smallest absolute Gasteiger partial charge is 0.0372 e. The van der Waals surface area contributed by atoms with Gasteiger partial charge in [0.05, 0.1) is 0 Å². The first-order chi connectivity index (χ1) is 12.2. The largest absolute Gasteiger partial charge is 0.316 e. The molecule has 2 saturated heterocycles. The van der Waals surface area contributed by atoms with Crippen LogP contribution in [0.4, 0.5) is 0 Å². The first-order valence-electron chi connectivity index (χ1n) is 10.2. The summed E-state index contributed by atoms with van der Waals surface area (Å²) in [4.78, 5) is 9.90. The van der Waals surface area contributed by atoms with Crippen LogP contribution in [0.1, 0.15) is 44.4 Å². The molecule has 0 aliphatic carbocycles. The normalized spacial score (nSPS) is 27.3. The number of pyridine rings is 1. The highest BCUT2D eigenvalue weighted by molar-refractivity contribution is 5.13. The number of piperazine rings is 1. The van der Waals surface area contributed by atoms with Crippen LogP contribution in [0.15, 0.2) is 18.3 Å². The van der Waals surface area contributed by atoms with Gasteiger partial charge in [0.2, 0.25) is 0 Å². The van der Waals surface area contributed by atoms with Gasteiger partial charge in [-0.2, -0.15) is 0 Å². The lowest BCUT2D eigenvalue weighted by Gasteiger charge is -2.45. The molecule has 2 aliphatic rings. The quantitative estimate of drug-likeness (QED) is 0.860. The summed E-state index contributed by atoms with van der Waals surface area (Å²) in [7, 11) is 0. The number of piperidine rings is 1. The van der Waals surface area contributed by atoms with E-state index in [0.717, 1.165) is 24.1 Å². The molecule has 3 atom stereocenters. The molecule has 3 heterocycles. The van der Waals surface area contributed by atoms with Gasteiger partial charge in [-0.3, -0.25) is 14.8 Å². The van der Waals surface area contributed by atoms with Crippen LogP contribution in [0, 0.1) is 18.8 Å². The second-order valence-electron chi connectivity index (χ2n) is 8.20. The zero-order chi connectivity index (χ0) is 17.6. The molecule has 0 amide bonds. The van der Waals surface area contributed by atoms with Crippen LogP contribution in [0.3, 0.4) is 0 Å². The van der Waals surface area contributed by atoms with Crippen molar-refractivity contribution in [2.24, 2.45) is 11.8 Å². The second kappa shape index (κ2) is 9.11. The van der Waals surface area contributed by atoms with Crippen molar-refractivity contribution in [3.8, 4) is 0 Å². The van der Waals surface area contributed by atoms with E-state index in [0.29, 0.717) is 6.04 Å². The van der Waals surface area contributed by atoms with Crippen molar-refractivity contribution in [2.45, 2.75) is 52.6 Å². The Balaban J connectivity index is 1.59. The maximum atomic E-state index is 4.46. The predicted octanol–water partition coefficient (Wildman–Crippen LogP) is 2.92. The molecule has 0 spiro atoms. The van der Waals surface area contributed by atoms with Crippen molar-refractivity contribution in [2.75, 3.05) is 39.3 Å². The Morgan fingerprint density at radius 1 is 1.32 bits per heavy atom. The van der Waals surface area contributed by atoms with Crippen LogP contribution in [-0.2, 0) is 6.54 Å². The predicted molar refractivity (Wildman–Crippen MR) is 105 cm³/mol. The van der Waals surface area contributed by atoms with Crippen LogP contribution in [-0.4, -0.2) is 60.1 Å². The monoisotopic (exact) mass is 344 g/mol. The van der Waals surface area contributed by atoms with E-state index in [-0.39, 0.29) is 0 Å². The number of aromatic nitrogens is 1. The first-order valence-corrected chi connectivity index (χ1v) is 10.2. The molecule has 2 fully saturated rings. The van der Waals surface area contributed by atoms with E-state index in [2.05, 4.69) is 53.0 Å². The average molecular weight is 345 g/mol. The summed E-state index contributed by atoms with van der Waals surface area (Å²) >= 11 is 0. The molecule has 1 aromatic rings. The molecule has 4 heteroatoms. The summed E-state index contributed by atoms with van der Waals surface area (Å²) in [5, 5.41) is 3.58. The van der Waals surface area contributed by atoms with Gasteiger partial charge in [-0.15, -0.1) is 0 Å². The topological polar surface area (TPSA) is 31.4 Å². The van der Waals surface area contributed by atoms with Gasteiger partial charge in [0.25, 0.3) is 0 Å². The van der Waals surface area contributed by atoms with Gasteiger partial charge in [0, 0.05) is 50.7 Å². The lowest BCUT2D eigenvalue weighted by Crippen LogP contribution is -2.56. The SMILES string of the molecule is CCC(C)C1CN(Cc2ccc(C)nc2)CCN1CC1CCCNC1. The lowest BCUT2D eigenvalue weighted by atomic mass is 9.92. The molecule has 0 bridgehead atoms. The van der Waals surface area contributed by atoms with Crippen molar-refractivity contribution in [3.05, 3.63) is 29.6 Å². The molecule has 4 nitrogen and oxygen atoms in total. The average Bonchev–Trinajstić information content (AvgIpc) is 2.65. The Bertz CT molecular complexity index is 509. The summed E-state index contributed by atoms with van der Waals surface area (Å²) in [6.45, 7) is 15.2. The molecular formula is C21H36N4. The number of nitrogens with zero attached hydrogens (tertiary/aromatic N) is 3. The van der Waals surface area contributed by atoms with E-state index >= 15 is 0 Å². The minimum atomic E-state index is 0.694. The summed E-state index contributed by atoms with van der Waals surface area (Å²) in [6.07, 6.45) is 6.06. The standard InChI is InChI=1S/C21H36N4/c1-4-17(2)21-16-24(14-20-8-7-18(3)23-13-20)10-11-25(21)15-19-6-5-9-22-12-19/h7-8,13,17,19,21-22H,4-6,9-12,14-16H2,1-3H3. The second-order valence-corrected chi connectivity index (χ2v) is 8.20. The third-order valence-corrected chi connectivity index (χ3v) is 6.19. The Hall–Kier alpha value is -0.970. The Kier molecular flexibility index (Phi) is 6.85. The fourth-order valence-electron chi connectivity index (χ4n) is 4.35. The van der Waals surface area contributed by atoms with E-state index < -0.39 is 0 Å². The molecule has 3 unspecified atom stereocenters. The Morgan fingerprint density at radius 2 is 2.20 bits per heavy atom. The molecule has 1 N–H and O–H groups in total. The van der Waals surface area contributed by atoms with E-state index in [9.17, 15) is 0 Å². The molecule has 140 valence electrons. The van der Waals surface area contributed by atoms with Crippen molar-refractivity contribution < 1.29 is 0 Å². The number of hydrogen-bond acceptors (Lipinski definition) is 4. The van der Waals surface area contributed by atoms with Gasteiger partial charge in [-0.25, -0.2) is 0 Å². The van der Waals surface area contributed by atoms with Gasteiger partial charge in [-0.05, 0) is 56.3 Å². The van der Waals surface area contributed by atoms with Crippen LogP contribution >= 0.6 is 0 Å². The van der Waals surface area contributed by atoms with Crippen molar-refractivity contribution in [1.29, 1.82) is 0 Å². The van der Waals surface area contributed by atoms with E-state index in [1.165, 1.54) is 64.1 Å². The Labute approximate surface area is 154 Å². The highest BCUT2D eigenvalue weighted by Crippen LogP contribution is 2.24. The van der Waals surface area contributed by atoms with Gasteiger partial charge in [-0.1, -0.05) is 26.3 Å². The molecule has 0 radical (unpaired) electrons. The summed E-state index contributed by atoms with van der Waals surface area (Å²) in [5.41, 5.74) is 2.45. The van der Waals surface area contributed by atoms with Crippen LogP contribution in [0.2, 0.25) is 0 Å². The highest BCUT2D eigenvalue weighted by atomic mass is 15.3. The maximum Gasteiger partial charge on any atom is 0.0372 e. The summed E-state index contributed by atoms with van der Waals surface area (Å²) < 4.78 is 0. The van der Waals surface area contributed by atoms with Crippen LogP contribution in [0.5, 0.6) is 0 Å². The molecular weight excluding hydrogens is 308 g/mol. The third-order valence-electron chi connectivity index (χ3n) is 6.19. The van der Waals surface area contributed by atoms with Gasteiger partial charge in [0.15, 0.2) is 0 Å². The summed E-state index contributed by atoms with van der Waals surface area (Å²) in [6, 6.07) is 5.06. The first kappa shape index (κ1) is 18.8. The fraction of sp³-hybridized carbons (Fsp3) is 0.762. The molecule has 0 aromatic carbocycles. The third kappa shape index (κ3) is 5.25. The van der Waals surface area contributed by atoms with E-state index in [1.54, 1.807) is 0 Å². The number of rotatable bonds is 6. The number of aryl methyl sites for hydroxylation is 1. The summed E-state index contributed by atoms with van der Waals surface area (Å²) in [5.74, 6) is 1.60. The van der Waals surface area contributed by atoms with Gasteiger partial charge >= 0.3 is 0 Å². The molecule has 2 aliphatic heterocycles. The fourth-order valence-corrected chi connectivity index (χ4v) is 4.35. The van der Waals surface area contributed by atoms with Crippen LogP contribution < -0.4 is 5.32 Å². The Morgan fingerprint density at radius 3 is 2.88 bits per heavy atom. The minimum absolute atomic E-state index is 0.694. The van der Waals surface area contributed by atoms with Gasteiger partial charge < -0.3 is 5.32 Å². The van der Waals surface area contributed by atoms with E-state index in [1.807, 2.05) is 6.20 Å².